The van der Waals surface area contributed by atoms with E-state index in [1.807, 2.05) is 6.92 Å². The average Bonchev–Trinajstić information content (AvgIpc) is 2.38. The summed E-state index contributed by atoms with van der Waals surface area (Å²) in [6, 6.07) is -1.20. The third-order valence-electron chi connectivity index (χ3n) is 2.63. The van der Waals surface area contributed by atoms with Crippen molar-refractivity contribution >= 4 is 12.1 Å². The van der Waals surface area contributed by atoms with Crippen LogP contribution >= 0.6 is 0 Å². The monoisotopic (exact) mass is 326 g/mol. The van der Waals surface area contributed by atoms with Crippen LogP contribution in [0.1, 0.15) is 6.92 Å². The first-order chi connectivity index (χ1) is 8.99. The molecule has 2 aliphatic heterocycles. The number of nitrogens with zero attached hydrogens (tertiary/aromatic N) is 2. The average molecular weight is 327 g/mol. The molecule has 21 heavy (non-hydrogen) atoms. The molecule has 2 rings (SSSR count). The van der Waals surface area contributed by atoms with Gasteiger partial charge in [-0.1, -0.05) is 0 Å². The highest BCUT2D eigenvalue weighted by Crippen LogP contribution is 2.24. The molecule has 0 saturated heterocycles. The van der Waals surface area contributed by atoms with Crippen LogP contribution in [0.5, 0.6) is 0 Å². The number of allylic oxidation sites excluding steroid dienone is 6. The summed E-state index contributed by atoms with van der Waals surface area (Å²) < 4.78 is 0. The SMILES string of the molecule is CC1=[C+]N(C(N)=O)C=CC1=C1C=[C+]N(C(N)=O)C=C1.[Cl-].[Cl-]. The Balaban J connectivity index is 0.00000200. The van der Waals surface area contributed by atoms with Gasteiger partial charge in [0.2, 0.25) is 0 Å². The number of primary amides is 2. The Kier molecular flexibility index (Phi) is 6.59. The van der Waals surface area contributed by atoms with Gasteiger partial charge >= 0.3 is 12.1 Å². The highest BCUT2D eigenvalue weighted by molar-refractivity contribution is 5.76. The van der Waals surface area contributed by atoms with Crippen LogP contribution in [0, 0.1) is 12.4 Å². The van der Waals surface area contributed by atoms with Crippen molar-refractivity contribution in [2.45, 2.75) is 6.92 Å². The fraction of sp³-hybridized carbons (Fsp3) is 0.0769. The zero-order valence-electron chi connectivity index (χ0n) is 11.0. The lowest BCUT2D eigenvalue weighted by Crippen LogP contribution is -3.00. The van der Waals surface area contributed by atoms with Crippen molar-refractivity contribution in [3.05, 3.63) is 59.7 Å². The van der Waals surface area contributed by atoms with Crippen LogP contribution in [0.4, 0.5) is 9.59 Å². The fourth-order valence-electron chi connectivity index (χ4n) is 1.68. The molecule has 0 aromatic heterocycles. The Labute approximate surface area is 134 Å². The van der Waals surface area contributed by atoms with Gasteiger partial charge in [0.25, 0.3) is 0 Å². The molecule has 8 heteroatoms. The molecule has 0 spiro atoms. The molecule has 0 aromatic carbocycles. The first kappa shape index (κ1) is 18.6. The van der Waals surface area contributed by atoms with Gasteiger partial charge in [-0.25, -0.2) is 0 Å². The van der Waals surface area contributed by atoms with E-state index in [1.54, 1.807) is 18.2 Å². The van der Waals surface area contributed by atoms with Crippen LogP contribution < -0.4 is 36.3 Å². The van der Waals surface area contributed by atoms with Gasteiger partial charge in [0.1, 0.15) is 47.6 Å². The van der Waals surface area contributed by atoms with Crippen LogP contribution in [-0.4, -0.2) is 21.9 Å². The summed E-state index contributed by atoms with van der Waals surface area (Å²) in [5, 5.41) is 0. The van der Waals surface area contributed by atoms with Crippen molar-refractivity contribution in [1.29, 1.82) is 0 Å². The predicted octanol–water partition coefficient (Wildman–Crippen LogP) is -4.87. The standard InChI is InChI=1S/C13H10N4O2.2ClH/c1-9-8-17(13(15)19)7-4-11(9)10-2-5-16(6-3-10)12(14)18;;/h2-5,7H,1H3,(H2-2,14,15,18,19);2*1H. The zero-order chi connectivity index (χ0) is 14.0. The van der Waals surface area contributed by atoms with Crippen LogP contribution in [0.25, 0.3) is 0 Å². The van der Waals surface area contributed by atoms with E-state index >= 15 is 0 Å². The molecule has 4 N–H and O–H groups in total. The molecule has 0 saturated carbocycles. The van der Waals surface area contributed by atoms with Gasteiger partial charge in [0.05, 0.1) is 12.2 Å². The smallest absolute Gasteiger partial charge is 0.411 e. The lowest BCUT2D eigenvalue weighted by molar-refractivity contribution is -0.001000. The summed E-state index contributed by atoms with van der Waals surface area (Å²) in [7, 11) is 0. The molecule has 0 bridgehead atoms. The summed E-state index contributed by atoms with van der Waals surface area (Å²) in [5.41, 5.74) is 12.7. The second kappa shape index (κ2) is 7.43. The van der Waals surface area contributed by atoms with Gasteiger partial charge in [-0.2, -0.15) is 9.59 Å². The molecular formula is C13H12Cl2N4O2. The van der Waals surface area contributed by atoms with Gasteiger partial charge in [-0.3, -0.25) is 0 Å². The first-order valence-corrected chi connectivity index (χ1v) is 5.47. The van der Waals surface area contributed by atoms with Crippen LogP contribution in [0.2, 0.25) is 0 Å². The predicted molar refractivity (Wildman–Crippen MR) is 68.4 cm³/mol. The number of carbonyl (C=O) groups excluding carboxylic acids is 2. The Morgan fingerprint density at radius 3 is 2.05 bits per heavy atom. The highest BCUT2D eigenvalue weighted by Gasteiger charge is 2.26. The number of urea groups is 2. The number of nitrogens with two attached hydrogens (primary N) is 2. The minimum Gasteiger partial charge on any atom is -1.00 e. The normalized spacial score (nSPS) is 18.8. The molecule has 0 fully saturated rings. The Morgan fingerprint density at radius 1 is 1.05 bits per heavy atom. The van der Waals surface area contributed by atoms with E-state index in [9.17, 15) is 9.59 Å². The van der Waals surface area contributed by atoms with Crippen molar-refractivity contribution < 1.29 is 34.4 Å². The van der Waals surface area contributed by atoms with Gasteiger partial charge in [0.15, 0.2) is 0 Å². The largest absolute Gasteiger partial charge is 1.00 e. The number of amides is 4. The zero-order valence-corrected chi connectivity index (χ0v) is 12.5. The molecule has 0 atom stereocenters. The fourth-order valence-corrected chi connectivity index (χ4v) is 1.68. The molecule has 0 unspecified atom stereocenters. The maximum absolute atomic E-state index is 11.0. The third-order valence-corrected chi connectivity index (χ3v) is 2.63. The van der Waals surface area contributed by atoms with E-state index in [0.29, 0.717) is 0 Å². The molecule has 0 aliphatic carbocycles. The van der Waals surface area contributed by atoms with Crippen LogP contribution in [-0.2, 0) is 0 Å². The van der Waals surface area contributed by atoms with E-state index in [1.165, 1.54) is 17.3 Å². The van der Waals surface area contributed by atoms with Gasteiger partial charge in [-0.15, -0.1) is 9.80 Å². The van der Waals surface area contributed by atoms with Gasteiger partial charge < -0.3 is 36.3 Å². The highest BCUT2D eigenvalue weighted by atomic mass is 35.5. The van der Waals surface area contributed by atoms with Crippen LogP contribution in [0.15, 0.2) is 47.3 Å². The molecule has 0 aromatic rings. The molecule has 110 valence electrons. The number of halogens is 2. The van der Waals surface area contributed by atoms with Crippen molar-refractivity contribution in [3.63, 3.8) is 0 Å². The van der Waals surface area contributed by atoms with Crippen LogP contribution in [0.3, 0.4) is 0 Å². The number of carbonyl (C=O) groups is 2. The van der Waals surface area contributed by atoms with E-state index in [2.05, 4.69) is 12.4 Å². The van der Waals surface area contributed by atoms with Crippen molar-refractivity contribution in [3.8, 4) is 0 Å². The molecule has 0 radical (unpaired) electrons. The summed E-state index contributed by atoms with van der Waals surface area (Å²) in [6.45, 7) is 1.81. The van der Waals surface area contributed by atoms with Gasteiger partial charge in [0, 0.05) is 0 Å². The quantitative estimate of drug-likeness (QED) is 0.437. The maximum Gasteiger partial charge on any atom is 0.411 e. The van der Waals surface area contributed by atoms with E-state index in [4.69, 9.17) is 11.5 Å². The second-order valence-electron chi connectivity index (χ2n) is 3.93. The topological polar surface area (TPSA) is 92.7 Å². The lowest BCUT2D eigenvalue weighted by atomic mass is 9.98. The molecule has 2 heterocycles. The summed E-state index contributed by atoms with van der Waals surface area (Å²) in [6.07, 6.45) is 13.7. The number of rotatable bonds is 0. The first-order valence-electron chi connectivity index (χ1n) is 5.47. The number of hydrogen-bond donors (Lipinski definition) is 2. The third kappa shape index (κ3) is 4.05. The lowest BCUT2D eigenvalue weighted by Gasteiger charge is -2.08. The summed E-state index contributed by atoms with van der Waals surface area (Å²) >= 11 is 0. The van der Waals surface area contributed by atoms with E-state index in [-0.39, 0.29) is 24.8 Å². The van der Waals surface area contributed by atoms with Crippen molar-refractivity contribution in [2.75, 3.05) is 0 Å². The summed E-state index contributed by atoms with van der Waals surface area (Å²) in [4.78, 5) is 24.3. The van der Waals surface area contributed by atoms with Gasteiger partial charge in [-0.05, 0) is 6.92 Å². The molecule has 6 nitrogen and oxygen atoms in total. The van der Waals surface area contributed by atoms with Crippen molar-refractivity contribution in [2.24, 2.45) is 11.5 Å². The van der Waals surface area contributed by atoms with Crippen molar-refractivity contribution in [1.82, 2.24) is 9.80 Å². The molecular weight excluding hydrogens is 315 g/mol. The van der Waals surface area contributed by atoms with E-state index in [0.717, 1.165) is 21.6 Å². The Bertz CT molecular complexity index is 575. The minimum atomic E-state index is -0.602. The summed E-state index contributed by atoms with van der Waals surface area (Å²) in [5.74, 6) is 0. The number of hydrogen-bond acceptors (Lipinski definition) is 2. The minimum absolute atomic E-state index is 0. The Hall–Kier alpha value is -2.36. The van der Waals surface area contributed by atoms with E-state index < -0.39 is 12.1 Å². The second-order valence-corrected chi connectivity index (χ2v) is 3.93. The molecule has 2 aliphatic rings. The Morgan fingerprint density at radius 2 is 1.62 bits per heavy atom. The maximum atomic E-state index is 11.0. The molecule has 4 amide bonds.